The predicted molar refractivity (Wildman–Crippen MR) is 61.0 cm³/mol. The number of halogens is 4. The molecule has 1 unspecified atom stereocenters. The number of aromatic nitrogens is 1. The van der Waals surface area contributed by atoms with E-state index in [1.807, 2.05) is 6.92 Å². The Labute approximate surface area is 102 Å². The van der Waals surface area contributed by atoms with Crippen LogP contribution < -0.4 is 11.1 Å². The lowest BCUT2D eigenvalue weighted by Gasteiger charge is -2.13. The zero-order chi connectivity index (χ0) is 13.1. The lowest BCUT2D eigenvalue weighted by atomic mass is 10.2. The van der Waals surface area contributed by atoms with Crippen molar-refractivity contribution in [3.63, 3.8) is 0 Å². The number of anilines is 1. The van der Waals surface area contributed by atoms with Crippen molar-refractivity contribution < 1.29 is 13.2 Å². The van der Waals surface area contributed by atoms with Gasteiger partial charge in [-0.05, 0) is 12.5 Å². The molecule has 0 radical (unpaired) electrons. The molecule has 0 aliphatic rings. The van der Waals surface area contributed by atoms with Crippen molar-refractivity contribution in [2.45, 2.75) is 25.6 Å². The van der Waals surface area contributed by atoms with Gasteiger partial charge in [-0.3, -0.25) is 0 Å². The number of rotatable bonds is 4. The molecule has 1 aromatic heterocycles. The van der Waals surface area contributed by atoms with Crippen LogP contribution in [-0.4, -0.2) is 17.6 Å². The van der Waals surface area contributed by atoms with Crippen molar-refractivity contribution in [1.29, 1.82) is 0 Å². The monoisotopic (exact) mass is 267 g/mol. The highest BCUT2D eigenvalue weighted by molar-refractivity contribution is 6.32. The summed E-state index contributed by atoms with van der Waals surface area (Å²) in [6.45, 7) is 2.32. The average Bonchev–Trinajstić information content (AvgIpc) is 2.25. The summed E-state index contributed by atoms with van der Waals surface area (Å²) in [7, 11) is 0. The first-order valence-corrected chi connectivity index (χ1v) is 5.44. The molecule has 1 rings (SSSR count). The lowest BCUT2D eigenvalue weighted by molar-refractivity contribution is -0.137. The fraction of sp³-hybridized carbons (Fsp3) is 0.500. The van der Waals surface area contributed by atoms with Gasteiger partial charge in [-0.15, -0.1) is 0 Å². The highest BCUT2D eigenvalue weighted by atomic mass is 35.5. The average molecular weight is 268 g/mol. The van der Waals surface area contributed by atoms with E-state index in [2.05, 4.69) is 10.3 Å². The van der Waals surface area contributed by atoms with E-state index in [4.69, 9.17) is 17.3 Å². The van der Waals surface area contributed by atoms with Gasteiger partial charge in [-0.2, -0.15) is 13.2 Å². The number of alkyl halides is 3. The quantitative estimate of drug-likeness (QED) is 0.882. The minimum absolute atomic E-state index is 0.0665. The molecule has 3 nitrogen and oxygen atoms in total. The molecule has 0 spiro atoms. The minimum atomic E-state index is -4.44. The summed E-state index contributed by atoms with van der Waals surface area (Å²) >= 11 is 5.70. The molecule has 0 amide bonds. The number of pyridine rings is 1. The maximum atomic E-state index is 12.3. The van der Waals surface area contributed by atoms with Crippen LogP contribution in [0.15, 0.2) is 12.3 Å². The maximum absolute atomic E-state index is 12.3. The van der Waals surface area contributed by atoms with Crippen molar-refractivity contribution in [2.24, 2.45) is 5.73 Å². The van der Waals surface area contributed by atoms with Crippen LogP contribution in [0.2, 0.25) is 5.02 Å². The van der Waals surface area contributed by atoms with Crippen molar-refractivity contribution in [1.82, 2.24) is 4.98 Å². The molecule has 0 aliphatic carbocycles. The summed E-state index contributed by atoms with van der Waals surface area (Å²) in [5.74, 6) is 0.212. The largest absolute Gasteiger partial charge is 0.417 e. The van der Waals surface area contributed by atoms with Crippen LogP contribution in [0.1, 0.15) is 18.9 Å². The zero-order valence-corrected chi connectivity index (χ0v) is 9.94. The van der Waals surface area contributed by atoms with Gasteiger partial charge < -0.3 is 11.1 Å². The smallest absolute Gasteiger partial charge is 0.367 e. The van der Waals surface area contributed by atoms with Gasteiger partial charge in [-0.1, -0.05) is 18.5 Å². The molecular weight excluding hydrogens is 255 g/mol. The molecule has 96 valence electrons. The van der Waals surface area contributed by atoms with Crippen LogP contribution in [0.5, 0.6) is 0 Å². The Kier molecular flexibility index (Phi) is 4.59. The van der Waals surface area contributed by atoms with E-state index in [9.17, 15) is 13.2 Å². The van der Waals surface area contributed by atoms with Gasteiger partial charge in [0.05, 0.1) is 10.6 Å². The van der Waals surface area contributed by atoms with Crippen LogP contribution >= 0.6 is 11.6 Å². The van der Waals surface area contributed by atoms with Gasteiger partial charge >= 0.3 is 6.18 Å². The standard InChI is InChI=1S/C10H13ClF3N3/c1-2-7(15)5-17-9-8(11)3-6(4-16-9)10(12,13)14/h3-4,7H,2,5,15H2,1H3,(H,16,17). The van der Waals surface area contributed by atoms with E-state index >= 15 is 0 Å². The number of hydrogen-bond acceptors (Lipinski definition) is 3. The second-order valence-corrected chi connectivity index (χ2v) is 4.01. The Morgan fingerprint density at radius 1 is 1.53 bits per heavy atom. The second-order valence-electron chi connectivity index (χ2n) is 3.60. The van der Waals surface area contributed by atoms with E-state index in [1.54, 1.807) is 0 Å². The van der Waals surface area contributed by atoms with Gasteiger partial charge in [0.15, 0.2) is 0 Å². The first-order chi connectivity index (χ1) is 7.84. The summed E-state index contributed by atoms with van der Waals surface area (Å²) in [6, 6.07) is 0.754. The number of nitrogens with zero attached hydrogens (tertiary/aromatic N) is 1. The molecule has 17 heavy (non-hydrogen) atoms. The van der Waals surface area contributed by atoms with Gasteiger partial charge in [0, 0.05) is 18.8 Å². The van der Waals surface area contributed by atoms with E-state index in [0.717, 1.165) is 18.7 Å². The number of nitrogens with one attached hydrogen (secondary N) is 1. The van der Waals surface area contributed by atoms with Crippen molar-refractivity contribution in [3.8, 4) is 0 Å². The highest BCUT2D eigenvalue weighted by Gasteiger charge is 2.31. The van der Waals surface area contributed by atoms with Gasteiger partial charge in [0.1, 0.15) is 5.82 Å². The first-order valence-electron chi connectivity index (χ1n) is 5.06. The molecule has 0 aromatic carbocycles. The number of hydrogen-bond donors (Lipinski definition) is 2. The van der Waals surface area contributed by atoms with E-state index in [0.29, 0.717) is 6.54 Å². The van der Waals surface area contributed by atoms with Crippen molar-refractivity contribution in [2.75, 3.05) is 11.9 Å². The van der Waals surface area contributed by atoms with Crippen LogP contribution in [0.25, 0.3) is 0 Å². The van der Waals surface area contributed by atoms with E-state index in [1.165, 1.54) is 0 Å². The molecule has 3 N–H and O–H groups in total. The molecule has 1 aromatic rings. The third kappa shape index (κ3) is 4.05. The molecule has 7 heteroatoms. The van der Waals surface area contributed by atoms with Gasteiger partial charge in [0.25, 0.3) is 0 Å². The van der Waals surface area contributed by atoms with Crippen LogP contribution in [0.3, 0.4) is 0 Å². The minimum Gasteiger partial charge on any atom is -0.367 e. The molecular formula is C10H13ClF3N3. The third-order valence-corrected chi connectivity index (χ3v) is 2.51. The first kappa shape index (κ1) is 14.1. The molecule has 0 fully saturated rings. The molecule has 0 saturated carbocycles. The van der Waals surface area contributed by atoms with Crippen LogP contribution in [-0.2, 0) is 6.18 Å². The summed E-state index contributed by atoms with van der Waals surface area (Å²) in [5.41, 5.74) is 4.79. The summed E-state index contributed by atoms with van der Waals surface area (Å²) in [6.07, 6.45) is -2.94. The molecule has 0 bridgehead atoms. The lowest BCUT2D eigenvalue weighted by Crippen LogP contribution is -2.28. The van der Waals surface area contributed by atoms with E-state index < -0.39 is 11.7 Å². The van der Waals surface area contributed by atoms with Gasteiger partial charge in [-0.25, -0.2) is 4.98 Å². The van der Waals surface area contributed by atoms with E-state index in [-0.39, 0.29) is 16.9 Å². The normalized spacial score (nSPS) is 13.5. The Bertz CT molecular complexity index is 382. The Morgan fingerprint density at radius 2 is 2.18 bits per heavy atom. The van der Waals surface area contributed by atoms with Crippen molar-refractivity contribution in [3.05, 3.63) is 22.8 Å². The Morgan fingerprint density at radius 3 is 2.65 bits per heavy atom. The topological polar surface area (TPSA) is 50.9 Å². The molecule has 0 aliphatic heterocycles. The second kappa shape index (κ2) is 5.55. The molecule has 1 heterocycles. The Hall–Kier alpha value is -1.01. The third-order valence-electron chi connectivity index (χ3n) is 2.22. The summed E-state index contributed by atoms with van der Waals surface area (Å²) in [4.78, 5) is 3.63. The Balaban J connectivity index is 2.77. The summed E-state index contributed by atoms with van der Waals surface area (Å²) < 4.78 is 37.0. The van der Waals surface area contributed by atoms with Crippen molar-refractivity contribution >= 4 is 17.4 Å². The SMILES string of the molecule is CCC(N)CNc1ncc(C(F)(F)F)cc1Cl. The fourth-order valence-electron chi connectivity index (χ4n) is 1.10. The van der Waals surface area contributed by atoms with Crippen LogP contribution in [0.4, 0.5) is 19.0 Å². The number of nitrogens with two attached hydrogens (primary N) is 1. The zero-order valence-electron chi connectivity index (χ0n) is 9.18. The fourth-order valence-corrected chi connectivity index (χ4v) is 1.33. The molecule has 0 saturated heterocycles. The highest BCUT2D eigenvalue weighted by Crippen LogP contribution is 2.32. The molecule has 1 atom stereocenters. The van der Waals surface area contributed by atoms with Gasteiger partial charge in [0.2, 0.25) is 0 Å². The predicted octanol–water partition coefficient (Wildman–Crippen LogP) is 2.90. The van der Waals surface area contributed by atoms with Crippen LogP contribution in [0, 0.1) is 0 Å². The maximum Gasteiger partial charge on any atom is 0.417 e. The summed E-state index contributed by atoms with van der Waals surface area (Å²) in [5, 5.41) is 2.74.